The topological polar surface area (TPSA) is 29.4 Å². The van der Waals surface area contributed by atoms with Gasteiger partial charge in [-0.05, 0) is 37.5 Å². The van der Waals surface area contributed by atoms with E-state index in [0.717, 1.165) is 16.5 Å². The molecule has 2 nitrogen and oxygen atoms in total. The van der Waals surface area contributed by atoms with Gasteiger partial charge in [0.05, 0.1) is 5.54 Å². The highest BCUT2D eigenvalue weighted by Crippen LogP contribution is 2.28. The maximum atomic E-state index is 10.3. The number of aliphatic imine (C=N–C) groups is 1. The molecule has 0 heterocycles. The molecule has 0 aliphatic heterocycles. The molecule has 0 fully saturated rings. The van der Waals surface area contributed by atoms with Gasteiger partial charge in [0.2, 0.25) is 6.08 Å². The van der Waals surface area contributed by atoms with Crippen LogP contribution in [0.5, 0.6) is 0 Å². The van der Waals surface area contributed by atoms with Gasteiger partial charge >= 0.3 is 0 Å². The van der Waals surface area contributed by atoms with Crippen LogP contribution in [0.1, 0.15) is 31.9 Å². The van der Waals surface area contributed by atoms with Gasteiger partial charge in [0, 0.05) is 4.47 Å². The third-order valence-electron chi connectivity index (χ3n) is 2.47. The molecule has 0 spiro atoms. The number of halogens is 1. The van der Waals surface area contributed by atoms with Crippen molar-refractivity contribution in [1.29, 1.82) is 0 Å². The number of hydrogen-bond acceptors (Lipinski definition) is 2. The average Bonchev–Trinajstić information content (AvgIpc) is 2.17. The minimum Gasteiger partial charge on any atom is -0.211 e. The molecule has 1 aromatic carbocycles. The molecule has 80 valence electrons. The zero-order valence-corrected chi connectivity index (χ0v) is 10.8. The van der Waals surface area contributed by atoms with Crippen molar-refractivity contribution in [2.75, 3.05) is 0 Å². The fraction of sp³-hybridized carbons (Fsp3) is 0.417. The second-order valence-corrected chi connectivity index (χ2v) is 4.78. The Hall–Kier alpha value is -0.920. The molecule has 0 aliphatic rings. The van der Waals surface area contributed by atoms with Crippen molar-refractivity contribution in [2.24, 2.45) is 4.99 Å². The molecule has 0 saturated heterocycles. The van der Waals surface area contributed by atoms with Crippen molar-refractivity contribution in [1.82, 2.24) is 0 Å². The van der Waals surface area contributed by atoms with Crippen molar-refractivity contribution >= 4 is 22.0 Å². The molecule has 0 unspecified atom stereocenters. The van der Waals surface area contributed by atoms with Gasteiger partial charge in [-0.15, -0.1) is 0 Å². The van der Waals surface area contributed by atoms with Crippen molar-refractivity contribution in [2.45, 2.75) is 32.7 Å². The first-order valence-corrected chi connectivity index (χ1v) is 5.68. The van der Waals surface area contributed by atoms with Gasteiger partial charge in [-0.3, -0.25) is 0 Å². The predicted octanol–water partition coefficient (Wildman–Crippen LogP) is 3.58. The maximum absolute atomic E-state index is 10.3. The number of carbonyl (C=O) groups excluding carboxylic acids is 1. The van der Waals surface area contributed by atoms with E-state index in [4.69, 9.17) is 0 Å². The van der Waals surface area contributed by atoms with Crippen LogP contribution >= 0.6 is 15.9 Å². The van der Waals surface area contributed by atoms with Crippen LogP contribution in [0, 0.1) is 0 Å². The summed E-state index contributed by atoms with van der Waals surface area (Å²) in [5, 5.41) is 0. The molecule has 3 heteroatoms. The standard InChI is InChI=1S/C12H14BrNO/c1-4-9-5-6-10(7-11(9)13)12(2,3)14-8-15/h5-7H,4H2,1-3H3. The monoisotopic (exact) mass is 267 g/mol. The minimum absolute atomic E-state index is 0.503. The van der Waals surface area contributed by atoms with E-state index >= 15 is 0 Å². The second-order valence-electron chi connectivity index (χ2n) is 3.92. The molecule has 0 N–H and O–H groups in total. The van der Waals surface area contributed by atoms with E-state index in [-0.39, 0.29) is 0 Å². The van der Waals surface area contributed by atoms with E-state index < -0.39 is 5.54 Å². The smallest absolute Gasteiger partial charge is 0.211 e. The minimum atomic E-state index is -0.503. The number of benzene rings is 1. The quantitative estimate of drug-likeness (QED) is 0.608. The highest BCUT2D eigenvalue weighted by molar-refractivity contribution is 9.10. The van der Waals surface area contributed by atoms with Gasteiger partial charge < -0.3 is 0 Å². The lowest BCUT2D eigenvalue weighted by atomic mass is 9.94. The normalized spacial score (nSPS) is 10.9. The summed E-state index contributed by atoms with van der Waals surface area (Å²) in [6, 6.07) is 6.07. The third-order valence-corrected chi connectivity index (χ3v) is 3.20. The van der Waals surface area contributed by atoms with Crippen LogP contribution < -0.4 is 0 Å². The van der Waals surface area contributed by atoms with Gasteiger partial charge in [0.25, 0.3) is 0 Å². The van der Waals surface area contributed by atoms with E-state index in [9.17, 15) is 4.79 Å². The van der Waals surface area contributed by atoms with Crippen LogP contribution in [-0.2, 0) is 16.8 Å². The summed E-state index contributed by atoms with van der Waals surface area (Å²) < 4.78 is 1.07. The van der Waals surface area contributed by atoms with Crippen molar-refractivity contribution in [3.05, 3.63) is 33.8 Å². The summed E-state index contributed by atoms with van der Waals surface area (Å²) in [5.74, 6) is 0. The largest absolute Gasteiger partial charge is 0.235 e. The average molecular weight is 268 g/mol. The number of nitrogens with zero attached hydrogens (tertiary/aromatic N) is 1. The molecular weight excluding hydrogens is 254 g/mol. The van der Waals surface area contributed by atoms with Crippen LogP contribution in [-0.4, -0.2) is 6.08 Å². The predicted molar refractivity (Wildman–Crippen MR) is 64.7 cm³/mol. The molecule has 1 aromatic rings. The van der Waals surface area contributed by atoms with E-state index in [1.807, 2.05) is 26.0 Å². The van der Waals surface area contributed by atoms with E-state index in [2.05, 4.69) is 33.9 Å². The molecule has 0 bridgehead atoms. The zero-order valence-electron chi connectivity index (χ0n) is 9.17. The van der Waals surface area contributed by atoms with Gasteiger partial charge in [-0.2, -0.15) is 4.99 Å². The Morgan fingerprint density at radius 3 is 2.60 bits per heavy atom. The highest BCUT2D eigenvalue weighted by atomic mass is 79.9. The Morgan fingerprint density at radius 1 is 1.47 bits per heavy atom. The number of hydrogen-bond donors (Lipinski definition) is 0. The summed E-state index contributed by atoms with van der Waals surface area (Å²) in [5.41, 5.74) is 1.76. The molecule has 1 rings (SSSR count). The van der Waals surface area contributed by atoms with Crippen molar-refractivity contribution in [3.63, 3.8) is 0 Å². The van der Waals surface area contributed by atoms with Crippen LogP contribution in [0.15, 0.2) is 27.7 Å². The summed E-state index contributed by atoms with van der Waals surface area (Å²) in [4.78, 5) is 14.1. The fourth-order valence-corrected chi connectivity index (χ4v) is 2.05. The summed E-state index contributed by atoms with van der Waals surface area (Å²) in [6.45, 7) is 5.89. The third kappa shape index (κ3) is 2.77. The molecule has 0 radical (unpaired) electrons. The number of aryl methyl sites for hydroxylation is 1. The Labute approximate surface area is 98.5 Å². The van der Waals surface area contributed by atoms with Gasteiger partial charge in [-0.25, -0.2) is 4.79 Å². The molecule has 15 heavy (non-hydrogen) atoms. The van der Waals surface area contributed by atoms with Gasteiger partial charge in [0.1, 0.15) is 0 Å². The Morgan fingerprint density at radius 2 is 2.13 bits per heavy atom. The summed E-state index contributed by atoms with van der Waals surface area (Å²) >= 11 is 3.51. The molecule has 0 amide bonds. The van der Waals surface area contributed by atoms with E-state index in [1.165, 1.54) is 5.56 Å². The first-order valence-electron chi connectivity index (χ1n) is 4.89. The number of rotatable bonds is 3. The van der Waals surface area contributed by atoms with Crippen LogP contribution in [0.3, 0.4) is 0 Å². The van der Waals surface area contributed by atoms with Crippen molar-refractivity contribution in [3.8, 4) is 0 Å². The summed E-state index contributed by atoms with van der Waals surface area (Å²) in [7, 11) is 0. The van der Waals surface area contributed by atoms with Gasteiger partial charge in [0.15, 0.2) is 0 Å². The molecule has 0 aliphatic carbocycles. The SMILES string of the molecule is CCc1ccc(C(C)(C)N=C=O)cc1Br. The fourth-order valence-electron chi connectivity index (χ4n) is 1.39. The van der Waals surface area contributed by atoms with Crippen molar-refractivity contribution < 1.29 is 4.79 Å². The van der Waals surface area contributed by atoms with E-state index in [1.54, 1.807) is 6.08 Å². The first kappa shape index (κ1) is 12.2. The van der Waals surface area contributed by atoms with Gasteiger partial charge in [-0.1, -0.05) is 35.0 Å². The van der Waals surface area contributed by atoms with Crippen LogP contribution in [0.25, 0.3) is 0 Å². The molecular formula is C12H14BrNO. The molecule has 0 saturated carbocycles. The molecule has 0 aromatic heterocycles. The summed E-state index contributed by atoms with van der Waals surface area (Å²) in [6.07, 6.45) is 2.60. The second kappa shape index (κ2) is 4.73. The lowest BCUT2D eigenvalue weighted by molar-refractivity contribution is 0.522. The van der Waals surface area contributed by atoms with E-state index in [0.29, 0.717) is 0 Å². The Kier molecular flexibility index (Phi) is 3.83. The van der Waals surface area contributed by atoms with Crippen LogP contribution in [0.4, 0.5) is 0 Å². The lowest BCUT2D eigenvalue weighted by Gasteiger charge is -2.18. The zero-order chi connectivity index (χ0) is 11.5. The Balaban J connectivity index is 3.17. The highest BCUT2D eigenvalue weighted by Gasteiger charge is 2.19. The lowest BCUT2D eigenvalue weighted by Crippen LogP contribution is -2.13. The molecule has 0 atom stereocenters. The number of isocyanates is 1. The van der Waals surface area contributed by atoms with Crippen LogP contribution in [0.2, 0.25) is 0 Å². The Bertz CT molecular complexity index is 406. The maximum Gasteiger partial charge on any atom is 0.235 e. The first-order chi connectivity index (χ1) is 7.01.